The molecule has 8 heteroatoms. The molecule has 0 aliphatic carbocycles. The Bertz CT molecular complexity index is 1020. The van der Waals surface area contributed by atoms with E-state index in [9.17, 15) is 9.59 Å². The third-order valence-electron chi connectivity index (χ3n) is 4.44. The fourth-order valence-electron chi connectivity index (χ4n) is 2.53. The van der Waals surface area contributed by atoms with E-state index < -0.39 is 17.4 Å². The van der Waals surface area contributed by atoms with Crippen LogP contribution in [0.4, 0.5) is 0 Å². The predicted molar refractivity (Wildman–Crippen MR) is 110 cm³/mol. The van der Waals surface area contributed by atoms with Gasteiger partial charge >= 0.3 is 11.9 Å². The van der Waals surface area contributed by atoms with E-state index in [2.05, 4.69) is 15.0 Å². The molecule has 3 rings (SSSR count). The maximum absolute atomic E-state index is 11.7. The Kier molecular flexibility index (Phi) is 6.15. The lowest BCUT2D eigenvalue weighted by Crippen LogP contribution is -2.30. The SMILES string of the molecule is CCOC(=O)c1cnc(-c2ccc(-c3ccc(OCC(C)(C)C(=O)O)cc3)nc2)[nH]1. The zero-order valence-corrected chi connectivity index (χ0v) is 17.0. The van der Waals surface area contributed by atoms with Gasteiger partial charge in [0.25, 0.3) is 0 Å². The van der Waals surface area contributed by atoms with Crippen LogP contribution in [0.25, 0.3) is 22.6 Å². The number of carbonyl (C=O) groups excluding carboxylic acids is 1. The Hall–Kier alpha value is -3.68. The molecular formula is C22H23N3O5. The number of benzene rings is 1. The molecule has 0 aliphatic rings. The van der Waals surface area contributed by atoms with Crippen molar-refractivity contribution in [1.82, 2.24) is 15.0 Å². The summed E-state index contributed by atoms with van der Waals surface area (Å²) in [7, 11) is 0. The topological polar surface area (TPSA) is 114 Å². The number of rotatable bonds is 8. The van der Waals surface area contributed by atoms with Crippen molar-refractivity contribution >= 4 is 11.9 Å². The Morgan fingerprint density at radius 1 is 1.03 bits per heavy atom. The molecule has 2 heterocycles. The third-order valence-corrected chi connectivity index (χ3v) is 4.44. The van der Waals surface area contributed by atoms with Gasteiger partial charge in [-0.1, -0.05) is 0 Å². The van der Waals surface area contributed by atoms with E-state index in [0.29, 0.717) is 18.2 Å². The number of nitrogens with zero attached hydrogens (tertiary/aromatic N) is 2. The highest BCUT2D eigenvalue weighted by atomic mass is 16.5. The average molecular weight is 409 g/mol. The van der Waals surface area contributed by atoms with Crippen molar-refractivity contribution in [2.75, 3.05) is 13.2 Å². The average Bonchev–Trinajstić information content (AvgIpc) is 3.23. The highest BCUT2D eigenvalue weighted by Gasteiger charge is 2.28. The van der Waals surface area contributed by atoms with Gasteiger partial charge in [-0.3, -0.25) is 9.78 Å². The minimum atomic E-state index is -0.963. The number of aromatic nitrogens is 3. The summed E-state index contributed by atoms with van der Waals surface area (Å²) < 4.78 is 10.5. The standard InChI is InChI=1S/C22H23N3O5/c1-4-29-20(26)18-12-24-19(25-18)15-7-10-17(23-11-15)14-5-8-16(9-6-14)30-13-22(2,3)21(27)28/h5-12H,4,13H2,1-3H3,(H,24,25)(H,27,28). The molecule has 0 fully saturated rings. The molecule has 0 amide bonds. The largest absolute Gasteiger partial charge is 0.492 e. The second-order valence-electron chi connectivity index (χ2n) is 7.30. The van der Waals surface area contributed by atoms with Crippen molar-refractivity contribution in [3.63, 3.8) is 0 Å². The Balaban J connectivity index is 1.68. The summed E-state index contributed by atoms with van der Waals surface area (Å²) in [6.45, 7) is 5.34. The van der Waals surface area contributed by atoms with Gasteiger partial charge < -0.3 is 19.6 Å². The van der Waals surface area contributed by atoms with E-state index in [1.165, 1.54) is 6.20 Å². The first-order valence-corrected chi connectivity index (χ1v) is 9.45. The molecule has 156 valence electrons. The molecule has 3 aromatic rings. The number of hydrogen-bond acceptors (Lipinski definition) is 6. The van der Waals surface area contributed by atoms with Crippen LogP contribution in [0.1, 0.15) is 31.3 Å². The van der Waals surface area contributed by atoms with E-state index in [1.807, 2.05) is 24.3 Å². The van der Waals surface area contributed by atoms with E-state index >= 15 is 0 Å². The molecule has 2 N–H and O–H groups in total. The Morgan fingerprint density at radius 3 is 2.33 bits per heavy atom. The lowest BCUT2D eigenvalue weighted by atomic mass is 9.95. The van der Waals surface area contributed by atoms with Crippen molar-refractivity contribution in [3.8, 4) is 28.4 Å². The number of nitrogens with one attached hydrogen (secondary N) is 1. The van der Waals surface area contributed by atoms with E-state index in [1.54, 1.807) is 39.1 Å². The first-order chi connectivity index (χ1) is 14.3. The van der Waals surface area contributed by atoms with Crippen LogP contribution in [0.15, 0.2) is 48.8 Å². The van der Waals surface area contributed by atoms with Gasteiger partial charge in [0.15, 0.2) is 0 Å². The third kappa shape index (κ3) is 4.83. The number of ether oxygens (including phenoxy) is 2. The zero-order valence-electron chi connectivity index (χ0n) is 17.0. The number of imidazole rings is 1. The molecule has 2 aromatic heterocycles. The molecule has 8 nitrogen and oxygen atoms in total. The van der Waals surface area contributed by atoms with Gasteiger partial charge in [-0.15, -0.1) is 0 Å². The molecule has 0 bridgehead atoms. The number of pyridine rings is 1. The van der Waals surface area contributed by atoms with Gasteiger partial charge in [0, 0.05) is 17.3 Å². The number of carbonyl (C=O) groups is 2. The van der Waals surface area contributed by atoms with E-state index in [4.69, 9.17) is 14.6 Å². The van der Waals surface area contributed by atoms with Crippen LogP contribution in [0.2, 0.25) is 0 Å². The highest BCUT2D eigenvalue weighted by Crippen LogP contribution is 2.24. The van der Waals surface area contributed by atoms with Gasteiger partial charge in [0.2, 0.25) is 0 Å². The normalized spacial score (nSPS) is 11.2. The van der Waals surface area contributed by atoms with Crippen LogP contribution < -0.4 is 4.74 Å². The first-order valence-electron chi connectivity index (χ1n) is 9.45. The van der Waals surface area contributed by atoms with Crippen molar-refractivity contribution < 1.29 is 24.2 Å². The number of aromatic amines is 1. The lowest BCUT2D eigenvalue weighted by molar-refractivity contribution is -0.148. The number of carboxylic acid groups (broad SMARTS) is 1. The van der Waals surface area contributed by atoms with Crippen LogP contribution >= 0.6 is 0 Å². The summed E-state index contributed by atoms with van der Waals surface area (Å²) in [4.78, 5) is 34.5. The Labute approximate surface area is 173 Å². The molecule has 0 saturated heterocycles. The summed E-state index contributed by atoms with van der Waals surface area (Å²) in [6, 6.07) is 11.0. The van der Waals surface area contributed by atoms with Crippen LogP contribution in [0.3, 0.4) is 0 Å². The monoisotopic (exact) mass is 409 g/mol. The van der Waals surface area contributed by atoms with Crippen molar-refractivity contribution in [3.05, 3.63) is 54.5 Å². The number of H-pyrrole nitrogens is 1. The molecular weight excluding hydrogens is 386 g/mol. The molecule has 30 heavy (non-hydrogen) atoms. The fourth-order valence-corrected chi connectivity index (χ4v) is 2.53. The lowest BCUT2D eigenvalue weighted by Gasteiger charge is -2.19. The molecule has 0 saturated carbocycles. The number of aliphatic carboxylic acids is 1. The maximum Gasteiger partial charge on any atom is 0.356 e. The molecule has 0 radical (unpaired) electrons. The van der Waals surface area contributed by atoms with Gasteiger partial charge in [0.05, 0.1) is 23.9 Å². The van der Waals surface area contributed by atoms with Gasteiger partial charge in [0.1, 0.15) is 23.9 Å². The number of esters is 1. The molecule has 0 spiro atoms. The minimum absolute atomic E-state index is 0.0750. The van der Waals surface area contributed by atoms with E-state index in [-0.39, 0.29) is 12.3 Å². The molecule has 0 aliphatic heterocycles. The fraction of sp³-hybridized carbons (Fsp3) is 0.273. The van der Waals surface area contributed by atoms with Crippen molar-refractivity contribution in [2.24, 2.45) is 5.41 Å². The zero-order chi connectivity index (χ0) is 21.7. The maximum atomic E-state index is 11.7. The predicted octanol–water partition coefficient (Wildman–Crippen LogP) is 3.81. The molecule has 0 unspecified atom stereocenters. The number of hydrogen-bond donors (Lipinski definition) is 2. The summed E-state index contributed by atoms with van der Waals surface area (Å²) in [6.07, 6.45) is 3.11. The van der Waals surface area contributed by atoms with Crippen LogP contribution in [-0.2, 0) is 9.53 Å². The van der Waals surface area contributed by atoms with Crippen molar-refractivity contribution in [1.29, 1.82) is 0 Å². The van der Waals surface area contributed by atoms with Crippen LogP contribution in [0.5, 0.6) is 5.75 Å². The summed E-state index contributed by atoms with van der Waals surface area (Å²) >= 11 is 0. The van der Waals surface area contributed by atoms with Crippen LogP contribution in [0, 0.1) is 5.41 Å². The quantitative estimate of drug-likeness (QED) is 0.544. The van der Waals surface area contributed by atoms with Gasteiger partial charge in [-0.25, -0.2) is 9.78 Å². The highest BCUT2D eigenvalue weighted by molar-refractivity contribution is 5.87. The summed E-state index contributed by atoms with van der Waals surface area (Å²) in [5.41, 5.74) is 1.71. The first kappa shape index (κ1) is 21.0. The minimum Gasteiger partial charge on any atom is -0.492 e. The smallest absolute Gasteiger partial charge is 0.356 e. The van der Waals surface area contributed by atoms with Crippen LogP contribution in [-0.4, -0.2) is 45.2 Å². The number of carboxylic acids is 1. The summed E-state index contributed by atoms with van der Waals surface area (Å²) in [5, 5.41) is 9.15. The second kappa shape index (κ2) is 8.77. The Morgan fingerprint density at radius 2 is 1.73 bits per heavy atom. The summed E-state index contributed by atoms with van der Waals surface area (Å²) in [5.74, 6) is -0.238. The van der Waals surface area contributed by atoms with Crippen molar-refractivity contribution in [2.45, 2.75) is 20.8 Å². The molecule has 0 atom stereocenters. The molecule has 1 aromatic carbocycles. The van der Waals surface area contributed by atoms with E-state index in [0.717, 1.165) is 16.8 Å². The van der Waals surface area contributed by atoms with Gasteiger partial charge in [-0.05, 0) is 57.2 Å². The van der Waals surface area contributed by atoms with Gasteiger partial charge in [-0.2, -0.15) is 0 Å². The second-order valence-corrected chi connectivity index (χ2v) is 7.30.